The number of pyridine rings is 1. The maximum atomic E-state index is 13.2. The van der Waals surface area contributed by atoms with Crippen LogP contribution in [0.3, 0.4) is 0 Å². The molecule has 0 spiro atoms. The van der Waals surface area contributed by atoms with Gasteiger partial charge in [0.2, 0.25) is 6.79 Å². The van der Waals surface area contributed by atoms with Crippen molar-refractivity contribution in [1.29, 1.82) is 0 Å². The fraction of sp³-hybridized carbons (Fsp3) is 0.241. The summed E-state index contributed by atoms with van der Waals surface area (Å²) in [5.41, 5.74) is 3.22. The molecular weight excluding hydrogens is 502 g/mol. The molecule has 1 atom stereocenters. The lowest BCUT2D eigenvalue weighted by atomic mass is 10.1. The van der Waals surface area contributed by atoms with Crippen molar-refractivity contribution in [2.75, 3.05) is 20.0 Å². The van der Waals surface area contributed by atoms with Crippen LogP contribution in [0.4, 0.5) is 0 Å². The van der Waals surface area contributed by atoms with Crippen molar-refractivity contribution in [2.45, 2.75) is 26.1 Å². The number of H-pyrrole nitrogens is 1. The maximum Gasteiger partial charge on any atom is 0.253 e. The lowest BCUT2D eigenvalue weighted by Gasteiger charge is -2.28. The molecule has 6 rings (SSSR count). The van der Waals surface area contributed by atoms with Gasteiger partial charge in [-0.3, -0.25) is 4.79 Å². The molecule has 9 heteroatoms. The van der Waals surface area contributed by atoms with Crippen LogP contribution in [0.25, 0.3) is 10.9 Å². The van der Waals surface area contributed by atoms with E-state index in [9.17, 15) is 4.79 Å². The van der Waals surface area contributed by atoms with E-state index in [2.05, 4.69) is 29.4 Å². The third kappa shape index (κ3) is 4.97. The summed E-state index contributed by atoms with van der Waals surface area (Å²) < 4.78 is 22.4. The smallest absolute Gasteiger partial charge is 0.253 e. The van der Waals surface area contributed by atoms with Gasteiger partial charge in [0, 0.05) is 23.6 Å². The summed E-state index contributed by atoms with van der Waals surface area (Å²) in [6, 6.07) is 21.5. The summed E-state index contributed by atoms with van der Waals surface area (Å²) in [7, 11) is 0. The summed E-state index contributed by atoms with van der Waals surface area (Å²) in [5.74, 6) is 2.73. The molecule has 4 aromatic rings. The maximum absolute atomic E-state index is 13.2. The number of nitrogens with zero attached hydrogens (tertiary/aromatic N) is 1. The summed E-state index contributed by atoms with van der Waals surface area (Å²) in [6.45, 7) is 4.04. The summed E-state index contributed by atoms with van der Waals surface area (Å²) >= 11 is 5.88. The number of fused-ring (bicyclic) bond motifs is 3. The predicted octanol–water partition coefficient (Wildman–Crippen LogP) is 4.67. The predicted molar refractivity (Wildman–Crippen MR) is 148 cm³/mol. The number of hydrogen-bond acceptors (Lipinski definition) is 6. The molecule has 0 radical (unpaired) electrons. The number of rotatable bonds is 6. The average molecular weight is 530 g/mol. The van der Waals surface area contributed by atoms with Crippen LogP contribution in [0.5, 0.6) is 23.0 Å². The minimum atomic E-state index is -0.177. The van der Waals surface area contributed by atoms with Gasteiger partial charge in [-0.1, -0.05) is 36.4 Å². The molecule has 0 unspecified atom stereocenters. The molecule has 1 aromatic heterocycles. The molecule has 3 aromatic carbocycles. The first-order valence-electron chi connectivity index (χ1n) is 12.5. The Labute approximate surface area is 225 Å². The third-order valence-electron chi connectivity index (χ3n) is 6.68. The van der Waals surface area contributed by atoms with E-state index in [1.807, 2.05) is 59.5 Å². The Morgan fingerprint density at radius 3 is 2.47 bits per heavy atom. The Kier molecular flexibility index (Phi) is 6.51. The van der Waals surface area contributed by atoms with Crippen molar-refractivity contribution in [3.63, 3.8) is 0 Å². The molecule has 3 heterocycles. The van der Waals surface area contributed by atoms with Gasteiger partial charge in [0.15, 0.2) is 28.1 Å². The number of aromatic amines is 1. The number of nitrogens with one attached hydrogen (secondary N) is 2. The second-order valence-electron chi connectivity index (χ2n) is 9.33. The Morgan fingerprint density at radius 2 is 1.66 bits per heavy atom. The van der Waals surface area contributed by atoms with Crippen LogP contribution in [0.15, 0.2) is 71.5 Å². The van der Waals surface area contributed by atoms with Crippen molar-refractivity contribution in [2.24, 2.45) is 0 Å². The fourth-order valence-electron chi connectivity index (χ4n) is 4.67. The van der Waals surface area contributed by atoms with Gasteiger partial charge >= 0.3 is 0 Å². The molecule has 2 aliphatic heterocycles. The number of benzene rings is 3. The number of hydrogen-bond donors (Lipinski definition) is 2. The van der Waals surface area contributed by atoms with E-state index in [0.29, 0.717) is 59.7 Å². The van der Waals surface area contributed by atoms with Gasteiger partial charge < -0.3 is 34.1 Å². The minimum Gasteiger partial charge on any atom is -0.486 e. The van der Waals surface area contributed by atoms with Gasteiger partial charge in [-0.05, 0) is 54.5 Å². The van der Waals surface area contributed by atoms with E-state index in [1.165, 1.54) is 0 Å². The molecule has 2 N–H and O–H groups in total. The van der Waals surface area contributed by atoms with Gasteiger partial charge in [-0.25, -0.2) is 0 Å². The second kappa shape index (κ2) is 10.3. The molecule has 0 bridgehead atoms. The Hall–Kier alpha value is -4.24. The highest BCUT2D eigenvalue weighted by Gasteiger charge is 2.20. The lowest BCUT2D eigenvalue weighted by Crippen LogP contribution is -2.41. The van der Waals surface area contributed by atoms with E-state index in [1.54, 1.807) is 0 Å². The highest BCUT2D eigenvalue weighted by atomic mass is 32.1. The van der Waals surface area contributed by atoms with Crippen molar-refractivity contribution in [1.82, 2.24) is 15.2 Å². The second-order valence-corrected chi connectivity index (χ2v) is 9.72. The SMILES string of the molecule is C[C@H](NC(=S)N(Cc1ccc2c(c1)OCO2)Cc1cc2cc3c(cc2[nH]c1=O)OCCO3)c1ccccc1. The van der Waals surface area contributed by atoms with Gasteiger partial charge in [0.05, 0.1) is 18.1 Å². The molecule has 0 amide bonds. The first-order valence-corrected chi connectivity index (χ1v) is 12.9. The van der Waals surface area contributed by atoms with Crippen LogP contribution < -0.4 is 29.8 Å². The van der Waals surface area contributed by atoms with Crippen LogP contribution in [-0.4, -0.2) is 35.0 Å². The van der Waals surface area contributed by atoms with Gasteiger partial charge in [0.25, 0.3) is 5.56 Å². The normalized spacial score (nSPS) is 14.2. The fourth-order valence-corrected chi connectivity index (χ4v) is 4.98. The summed E-state index contributed by atoms with van der Waals surface area (Å²) in [6.07, 6.45) is 0. The standard InChI is InChI=1S/C29H27N3O5S/c1-18(20-5-3-2-4-6-20)30-29(38)32(15-19-7-8-24-25(11-19)37-17-36-24)16-22-12-21-13-26-27(35-10-9-34-26)14-23(21)31-28(22)33/h2-8,11-14,18H,9-10,15-17H2,1H3,(H,30,38)(H,31,33)/t18-/m0/s1. The number of aromatic nitrogens is 1. The lowest BCUT2D eigenvalue weighted by molar-refractivity contribution is 0.172. The number of thiocarbonyl (C=S) groups is 1. The Morgan fingerprint density at radius 1 is 0.921 bits per heavy atom. The molecular formula is C29H27N3O5S. The van der Waals surface area contributed by atoms with Crippen molar-refractivity contribution >= 4 is 28.2 Å². The molecule has 0 fully saturated rings. The van der Waals surface area contributed by atoms with Crippen molar-refractivity contribution in [3.05, 3.63) is 93.8 Å². The molecule has 0 saturated heterocycles. The summed E-state index contributed by atoms with van der Waals surface area (Å²) in [5, 5.41) is 4.85. The molecule has 38 heavy (non-hydrogen) atoms. The minimum absolute atomic E-state index is 0.0125. The highest BCUT2D eigenvalue weighted by molar-refractivity contribution is 7.80. The van der Waals surface area contributed by atoms with E-state index in [-0.39, 0.29) is 18.4 Å². The Balaban J connectivity index is 1.30. The van der Waals surface area contributed by atoms with E-state index >= 15 is 0 Å². The topological polar surface area (TPSA) is 85.1 Å². The zero-order valence-corrected chi connectivity index (χ0v) is 21.7. The van der Waals surface area contributed by atoms with Crippen LogP contribution >= 0.6 is 12.2 Å². The highest BCUT2D eigenvalue weighted by Crippen LogP contribution is 2.34. The van der Waals surface area contributed by atoms with Crippen LogP contribution in [0.2, 0.25) is 0 Å². The molecule has 2 aliphatic rings. The quantitative estimate of drug-likeness (QED) is 0.349. The average Bonchev–Trinajstić information content (AvgIpc) is 3.40. The Bertz CT molecular complexity index is 1560. The largest absolute Gasteiger partial charge is 0.486 e. The van der Waals surface area contributed by atoms with Gasteiger partial charge in [0.1, 0.15) is 13.2 Å². The van der Waals surface area contributed by atoms with Crippen LogP contribution in [0.1, 0.15) is 29.7 Å². The monoisotopic (exact) mass is 529 g/mol. The van der Waals surface area contributed by atoms with Gasteiger partial charge in [-0.2, -0.15) is 0 Å². The number of ether oxygens (including phenoxy) is 4. The van der Waals surface area contributed by atoms with Crippen molar-refractivity contribution < 1.29 is 18.9 Å². The van der Waals surface area contributed by atoms with Crippen LogP contribution in [-0.2, 0) is 13.1 Å². The molecule has 0 saturated carbocycles. The van der Waals surface area contributed by atoms with E-state index in [0.717, 1.165) is 22.3 Å². The molecule has 194 valence electrons. The van der Waals surface area contributed by atoms with Crippen LogP contribution in [0, 0.1) is 0 Å². The van der Waals surface area contributed by atoms with E-state index in [4.69, 9.17) is 31.2 Å². The zero-order valence-electron chi connectivity index (χ0n) is 20.9. The third-order valence-corrected chi connectivity index (χ3v) is 7.06. The molecule has 8 nitrogen and oxygen atoms in total. The summed E-state index contributed by atoms with van der Waals surface area (Å²) in [4.78, 5) is 18.1. The van der Waals surface area contributed by atoms with Gasteiger partial charge in [-0.15, -0.1) is 0 Å². The first-order chi connectivity index (χ1) is 18.5. The molecule has 0 aliphatic carbocycles. The zero-order chi connectivity index (χ0) is 26.1. The van der Waals surface area contributed by atoms with E-state index < -0.39 is 0 Å². The first kappa shape index (κ1) is 24.1. The van der Waals surface area contributed by atoms with Crippen molar-refractivity contribution in [3.8, 4) is 23.0 Å².